The first-order chi connectivity index (χ1) is 12.1. The van der Waals surface area contributed by atoms with Crippen molar-refractivity contribution in [3.63, 3.8) is 0 Å². The van der Waals surface area contributed by atoms with E-state index < -0.39 is 0 Å². The van der Waals surface area contributed by atoms with E-state index in [0.29, 0.717) is 16.4 Å². The number of hydrogen-bond donors (Lipinski definition) is 1. The van der Waals surface area contributed by atoms with Gasteiger partial charge in [0.2, 0.25) is 0 Å². The third-order valence-electron chi connectivity index (χ3n) is 3.70. The van der Waals surface area contributed by atoms with Crippen molar-refractivity contribution in [1.29, 1.82) is 0 Å². The summed E-state index contributed by atoms with van der Waals surface area (Å²) in [4.78, 5) is 21.1. The Morgan fingerprint density at radius 2 is 2.12 bits per heavy atom. The van der Waals surface area contributed by atoms with Gasteiger partial charge < -0.3 is 5.32 Å². The molecule has 6 nitrogen and oxygen atoms in total. The Balaban J connectivity index is 1.63. The number of benzene rings is 1. The Kier molecular flexibility index (Phi) is 3.95. The summed E-state index contributed by atoms with van der Waals surface area (Å²) in [6, 6.07) is 5.33. The first-order valence-electron chi connectivity index (χ1n) is 7.40. The molecule has 124 valence electrons. The van der Waals surface area contributed by atoms with Gasteiger partial charge in [-0.2, -0.15) is 5.10 Å². The average Bonchev–Trinajstić information content (AvgIpc) is 3.26. The van der Waals surface area contributed by atoms with Crippen LogP contribution in [0.1, 0.15) is 10.5 Å². The summed E-state index contributed by atoms with van der Waals surface area (Å²) in [5, 5.41) is 11.7. The van der Waals surface area contributed by atoms with E-state index >= 15 is 0 Å². The SMILES string of the molecule is Cn1cc(-c2nc(C(=O)Nc3ccc(Cl)c4ccncc34)cs2)cn1. The number of nitrogens with zero attached hydrogens (tertiary/aromatic N) is 4. The minimum atomic E-state index is -0.279. The number of aromatic nitrogens is 4. The van der Waals surface area contributed by atoms with Crippen LogP contribution in [0.25, 0.3) is 21.3 Å². The van der Waals surface area contributed by atoms with Crippen molar-refractivity contribution in [3.05, 3.63) is 59.1 Å². The molecule has 0 bridgehead atoms. The lowest BCUT2D eigenvalue weighted by Crippen LogP contribution is -2.12. The minimum absolute atomic E-state index is 0.279. The molecule has 0 spiro atoms. The molecule has 0 saturated heterocycles. The van der Waals surface area contributed by atoms with Gasteiger partial charge in [-0.1, -0.05) is 11.6 Å². The summed E-state index contributed by atoms with van der Waals surface area (Å²) < 4.78 is 1.70. The fourth-order valence-electron chi connectivity index (χ4n) is 2.49. The zero-order valence-corrected chi connectivity index (χ0v) is 14.7. The zero-order chi connectivity index (χ0) is 17.4. The van der Waals surface area contributed by atoms with Crippen LogP contribution in [0.15, 0.2) is 48.4 Å². The summed E-state index contributed by atoms with van der Waals surface area (Å²) >= 11 is 7.60. The van der Waals surface area contributed by atoms with E-state index in [1.54, 1.807) is 40.8 Å². The summed E-state index contributed by atoms with van der Waals surface area (Å²) in [5.74, 6) is -0.279. The van der Waals surface area contributed by atoms with Gasteiger partial charge >= 0.3 is 0 Å². The predicted molar refractivity (Wildman–Crippen MR) is 99.0 cm³/mol. The van der Waals surface area contributed by atoms with Gasteiger partial charge in [-0.3, -0.25) is 14.5 Å². The number of hydrogen-bond acceptors (Lipinski definition) is 5. The average molecular weight is 370 g/mol. The number of carbonyl (C=O) groups excluding carboxylic acids is 1. The fourth-order valence-corrected chi connectivity index (χ4v) is 3.49. The molecule has 0 radical (unpaired) electrons. The highest BCUT2D eigenvalue weighted by atomic mass is 35.5. The minimum Gasteiger partial charge on any atom is -0.320 e. The van der Waals surface area contributed by atoms with Crippen molar-refractivity contribution >= 4 is 45.3 Å². The van der Waals surface area contributed by atoms with E-state index in [-0.39, 0.29) is 5.91 Å². The lowest BCUT2D eigenvalue weighted by Gasteiger charge is -2.08. The van der Waals surface area contributed by atoms with E-state index in [9.17, 15) is 4.79 Å². The molecule has 3 heterocycles. The van der Waals surface area contributed by atoms with Gasteiger partial charge in [0, 0.05) is 52.4 Å². The molecule has 1 aromatic carbocycles. The van der Waals surface area contributed by atoms with Crippen LogP contribution in [0.5, 0.6) is 0 Å². The summed E-state index contributed by atoms with van der Waals surface area (Å²) in [6.07, 6.45) is 6.93. The highest BCUT2D eigenvalue weighted by molar-refractivity contribution is 7.13. The quantitative estimate of drug-likeness (QED) is 0.592. The van der Waals surface area contributed by atoms with Crippen LogP contribution in [-0.2, 0) is 7.05 Å². The number of rotatable bonds is 3. The fraction of sp³-hybridized carbons (Fsp3) is 0.0588. The molecule has 0 aliphatic heterocycles. The first-order valence-corrected chi connectivity index (χ1v) is 8.66. The molecule has 25 heavy (non-hydrogen) atoms. The molecule has 0 fully saturated rings. The van der Waals surface area contributed by atoms with Crippen molar-refractivity contribution in [1.82, 2.24) is 19.7 Å². The molecule has 4 aromatic rings. The number of halogens is 1. The Bertz CT molecular complexity index is 1090. The molecule has 4 rings (SSSR count). The number of carbonyl (C=O) groups is 1. The molecule has 1 amide bonds. The summed E-state index contributed by atoms with van der Waals surface area (Å²) in [6.45, 7) is 0. The van der Waals surface area contributed by atoms with Gasteiger partial charge in [-0.05, 0) is 18.2 Å². The van der Waals surface area contributed by atoms with Crippen LogP contribution in [0, 0.1) is 0 Å². The van der Waals surface area contributed by atoms with Gasteiger partial charge in [0.05, 0.1) is 11.9 Å². The monoisotopic (exact) mass is 369 g/mol. The lowest BCUT2D eigenvalue weighted by molar-refractivity contribution is 0.102. The van der Waals surface area contributed by atoms with E-state index in [1.807, 2.05) is 19.3 Å². The van der Waals surface area contributed by atoms with Crippen molar-refractivity contribution in [3.8, 4) is 10.6 Å². The highest BCUT2D eigenvalue weighted by Crippen LogP contribution is 2.30. The van der Waals surface area contributed by atoms with Crippen molar-refractivity contribution in [2.75, 3.05) is 5.32 Å². The first kappa shape index (κ1) is 15.7. The number of fused-ring (bicyclic) bond motifs is 1. The summed E-state index contributed by atoms with van der Waals surface area (Å²) in [5.41, 5.74) is 1.89. The van der Waals surface area contributed by atoms with Crippen LogP contribution in [0.4, 0.5) is 5.69 Å². The van der Waals surface area contributed by atoms with E-state index in [2.05, 4.69) is 20.4 Å². The summed E-state index contributed by atoms with van der Waals surface area (Å²) in [7, 11) is 1.84. The van der Waals surface area contributed by atoms with E-state index in [4.69, 9.17) is 11.6 Å². The number of nitrogens with one attached hydrogen (secondary N) is 1. The van der Waals surface area contributed by atoms with Crippen LogP contribution < -0.4 is 5.32 Å². The third kappa shape index (κ3) is 2.99. The van der Waals surface area contributed by atoms with Gasteiger partial charge in [-0.15, -0.1) is 11.3 Å². The molecule has 1 N–H and O–H groups in total. The highest BCUT2D eigenvalue weighted by Gasteiger charge is 2.14. The van der Waals surface area contributed by atoms with Crippen LogP contribution in [0.3, 0.4) is 0 Å². The van der Waals surface area contributed by atoms with Gasteiger partial charge in [0.25, 0.3) is 5.91 Å². The van der Waals surface area contributed by atoms with Crippen LogP contribution in [-0.4, -0.2) is 25.7 Å². The van der Waals surface area contributed by atoms with Crippen LogP contribution >= 0.6 is 22.9 Å². The van der Waals surface area contributed by atoms with Crippen molar-refractivity contribution in [2.24, 2.45) is 7.05 Å². The number of amides is 1. The smallest absolute Gasteiger partial charge is 0.275 e. The number of pyridine rings is 1. The topological polar surface area (TPSA) is 72.7 Å². The Morgan fingerprint density at radius 3 is 2.92 bits per heavy atom. The van der Waals surface area contributed by atoms with Crippen LogP contribution in [0.2, 0.25) is 5.02 Å². The number of anilines is 1. The second kappa shape index (κ2) is 6.27. The molecular formula is C17H12ClN5OS. The van der Waals surface area contributed by atoms with Gasteiger partial charge in [-0.25, -0.2) is 4.98 Å². The largest absolute Gasteiger partial charge is 0.320 e. The standard InChI is InChI=1S/C17H12ClN5OS/c1-23-8-10(6-20-23)17-22-15(9-25-17)16(24)21-14-3-2-13(18)11-4-5-19-7-12(11)14/h2-9H,1H3,(H,21,24). The van der Waals surface area contributed by atoms with Gasteiger partial charge in [0.1, 0.15) is 10.7 Å². The zero-order valence-electron chi connectivity index (χ0n) is 13.1. The molecule has 0 aliphatic carbocycles. The second-order valence-corrected chi connectivity index (χ2v) is 6.68. The van der Waals surface area contributed by atoms with E-state index in [1.165, 1.54) is 11.3 Å². The van der Waals surface area contributed by atoms with Gasteiger partial charge in [0.15, 0.2) is 0 Å². The molecule has 0 saturated carbocycles. The molecule has 3 aromatic heterocycles. The van der Waals surface area contributed by atoms with E-state index in [0.717, 1.165) is 21.3 Å². The maximum Gasteiger partial charge on any atom is 0.275 e. The molecule has 0 unspecified atom stereocenters. The van der Waals surface area contributed by atoms with Crippen molar-refractivity contribution < 1.29 is 4.79 Å². The maximum absolute atomic E-state index is 12.6. The molecule has 0 aliphatic rings. The Labute approximate surface area is 152 Å². The molecular weight excluding hydrogens is 358 g/mol. The molecule has 8 heteroatoms. The molecule has 0 atom stereocenters. The Hall–Kier alpha value is -2.77. The lowest BCUT2D eigenvalue weighted by atomic mass is 10.1. The van der Waals surface area contributed by atoms with Crippen molar-refractivity contribution in [2.45, 2.75) is 0 Å². The predicted octanol–water partition coefficient (Wildman–Crippen LogP) is 4.00. The number of aryl methyl sites for hydroxylation is 1. The number of thiazole rings is 1. The maximum atomic E-state index is 12.6. The second-order valence-electron chi connectivity index (χ2n) is 5.41. The Morgan fingerprint density at radius 1 is 1.24 bits per heavy atom. The normalized spacial score (nSPS) is 11.0. The third-order valence-corrected chi connectivity index (χ3v) is 4.92.